The third-order valence-electron chi connectivity index (χ3n) is 3.47. The molecule has 0 saturated carbocycles. The van der Waals surface area contributed by atoms with Crippen molar-refractivity contribution in [1.82, 2.24) is 20.8 Å². The summed E-state index contributed by atoms with van der Waals surface area (Å²) in [7, 11) is 1.68. The number of nitrogens with one attached hydrogen (secondary N) is 3. The quantitative estimate of drug-likeness (QED) is 0.633. The molecule has 1 aromatic heterocycles. The van der Waals surface area contributed by atoms with E-state index in [0.717, 1.165) is 38.0 Å². The zero-order valence-electron chi connectivity index (χ0n) is 11.8. The maximum absolute atomic E-state index is 12.0. The standard InChI is InChI=1S/C13H22N4O2.ClH/c1-19-7-6-14-4-5-15-13(18)10-2-3-11-9-16-17-12(11)8-10;/h9-10,14H,2-8H2,1H3,(H,15,18)(H,16,17);1H. The Bertz CT molecular complexity index is 411. The minimum Gasteiger partial charge on any atom is -0.383 e. The van der Waals surface area contributed by atoms with Gasteiger partial charge in [0.15, 0.2) is 0 Å². The van der Waals surface area contributed by atoms with Crippen molar-refractivity contribution in [3.05, 3.63) is 17.5 Å². The number of fused-ring (bicyclic) bond motifs is 1. The van der Waals surface area contributed by atoms with E-state index in [1.807, 2.05) is 6.20 Å². The molecule has 6 nitrogen and oxygen atoms in total. The van der Waals surface area contributed by atoms with Gasteiger partial charge in [-0.05, 0) is 18.4 Å². The highest BCUT2D eigenvalue weighted by Gasteiger charge is 2.25. The lowest BCUT2D eigenvalue weighted by molar-refractivity contribution is -0.125. The van der Waals surface area contributed by atoms with Crippen LogP contribution < -0.4 is 10.6 Å². The summed E-state index contributed by atoms with van der Waals surface area (Å²) in [6, 6.07) is 0. The van der Waals surface area contributed by atoms with Crippen LogP contribution in [0.4, 0.5) is 0 Å². The smallest absolute Gasteiger partial charge is 0.223 e. The minimum atomic E-state index is 0. The van der Waals surface area contributed by atoms with Gasteiger partial charge in [0, 0.05) is 44.8 Å². The molecule has 0 aromatic carbocycles. The average molecular weight is 303 g/mol. The van der Waals surface area contributed by atoms with E-state index in [0.29, 0.717) is 13.2 Å². The molecule has 1 aromatic rings. The van der Waals surface area contributed by atoms with E-state index < -0.39 is 0 Å². The van der Waals surface area contributed by atoms with E-state index in [-0.39, 0.29) is 24.2 Å². The number of aromatic nitrogens is 2. The molecular formula is C13H23ClN4O2. The number of H-pyrrole nitrogens is 1. The highest BCUT2D eigenvalue weighted by molar-refractivity contribution is 5.85. The molecule has 20 heavy (non-hydrogen) atoms. The molecule has 0 bridgehead atoms. The van der Waals surface area contributed by atoms with Crippen LogP contribution in [0.3, 0.4) is 0 Å². The molecule has 7 heteroatoms. The van der Waals surface area contributed by atoms with Crippen LogP contribution in [-0.4, -0.2) is 49.5 Å². The number of aryl methyl sites for hydroxylation is 1. The van der Waals surface area contributed by atoms with E-state index in [2.05, 4.69) is 20.8 Å². The molecular weight excluding hydrogens is 280 g/mol. The van der Waals surface area contributed by atoms with Crippen molar-refractivity contribution in [3.63, 3.8) is 0 Å². The average Bonchev–Trinajstić information content (AvgIpc) is 2.89. The monoisotopic (exact) mass is 302 g/mol. The molecule has 0 fully saturated rings. The molecule has 1 heterocycles. The normalized spacial score (nSPS) is 17.1. The van der Waals surface area contributed by atoms with Gasteiger partial charge < -0.3 is 15.4 Å². The second-order valence-electron chi connectivity index (χ2n) is 4.85. The molecule has 1 atom stereocenters. The molecule has 0 spiro atoms. The SMILES string of the molecule is COCCNCCNC(=O)C1CCc2cn[nH]c2C1.Cl. The summed E-state index contributed by atoms with van der Waals surface area (Å²) < 4.78 is 4.93. The van der Waals surface area contributed by atoms with Gasteiger partial charge in [-0.3, -0.25) is 9.89 Å². The molecule has 3 N–H and O–H groups in total. The summed E-state index contributed by atoms with van der Waals surface area (Å²) in [4.78, 5) is 12.0. The molecule has 1 aliphatic rings. The molecule has 1 unspecified atom stereocenters. The van der Waals surface area contributed by atoms with Crippen LogP contribution in [0, 0.1) is 5.92 Å². The molecule has 114 valence electrons. The third-order valence-corrected chi connectivity index (χ3v) is 3.47. The number of carbonyl (C=O) groups is 1. The number of aromatic amines is 1. The third kappa shape index (κ3) is 4.77. The Morgan fingerprint density at radius 2 is 2.35 bits per heavy atom. The summed E-state index contributed by atoms with van der Waals surface area (Å²) in [6.45, 7) is 2.94. The van der Waals surface area contributed by atoms with Crippen LogP contribution in [-0.2, 0) is 22.4 Å². The number of amides is 1. The molecule has 1 amide bonds. The number of hydrogen-bond acceptors (Lipinski definition) is 4. The van der Waals surface area contributed by atoms with Crippen molar-refractivity contribution in [2.45, 2.75) is 19.3 Å². The molecule has 0 saturated heterocycles. The second-order valence-corrected chi connectivity index (χ2v) is 4.85. The van der Waals surface area contributed by atoms with Gasteiger partial charge >= 0.3 is 0 Å². The van der Waals surface area contributed by atoms with Crippen LogP contribution in [0.25, 0.3) is 0 Å². The van der Waals surface area contributed by atoms with Gasteiger partial charge in [0.1, 0.15) is 0 Å². The largest absolute Gasteiger partial charge is 0.383 e. The fraction of sp³-hybridized carbons (Fsp3) is 0.692. The lowest BCUT2D eigenvalue weighted by Crippen LogP contribution is -2.38. The Balaban J connectivity index is 0.00000200. The number of ether oxygens (including phenoxy) is 1. The highest BCUT2D eigenvalue weighted by Crippen LogP contribution is 2.23. The van der Waals surface area contributed by atoms with Gasteiger partial charge in [0.25, 0.3) is 0 Å². The first kappa shape index (κ1) is 16.9. The Morgan fingerprint density at radius 3 is 3.15 bits per heavy atom. The van der Waals surface area contributed by atoms with Gasteiger partial charge in [-0.25, -0.2) is 0 Å². The number of nitrogens with zero attached hydrogens (tertiary/aromatic N) is 1. The topological polar surface area (TPSA) is 79.0 Å². The maximum Gasteiger partial charge on any atom is 0.223 e. The summed E-state index contributed by atoms with van der Waals surface area (Å²) in [5, 5.41) is 13.2. The lowest BCUT2D eigenvalue weighted by Gasteiger charge is -2.20. The van der Waals surface area contributed by atoms with E-state index >= 15 is 0 Å². The molecule has 1 aliphatic carbocycles. The van der Waals surface area contributed by atoms with Crippen LogP contribution in [0.15, 0.2) is 6.20 Å². The molecule has 0 radical (unpaired) electrons. The molecule has 2 rings (SSSR count). The number of halogens is 1. The van der Waals surface area contributed by atoms with E-state index in [9.17, 15) is 4.79 Å². The van der Waals surface area contributed by atoms with E-state index in [1.54, 1.807) is 7.11 Å². The zero-order chi connectivity index (χ0) is 13.5. The summed E-state index contributed by atoms with van der Waals surface area (Å²) >= 11 is 0. The van der Waals surface area contributed by atoms with Crippen molar-refractivity contribution >= 4 is 18.3 Å². The Kier molecular flexibility index (Phi) is 7.58. The van der Waals surface area contributed by atoms with Crippen molar-refractivity contribution in [1.29, 1.82) is 0 Å². The lowest BCUT2D eigenvalue weighted by atomic mass is 9.87. The van der Waals surface area contributed by atoms with Gasteiger partial charge in [0.05, 0.1) is 12.8 Å². The van der Waals surface area contributed by atoms with Gasteiger partial charge in [-0.1, -0.05) is 0 Å². The molecule has 0 aliphatic heterocycles. The summed E-state index contributed by atoms with van der Waals surface area (Å²) in [5.74, 6) is 0.223. The Labute approximate surface area is 125 Å². The van der Waals surface area contributed by atoms with Gasteiger partial charge in [-0.2, -0.15) is 5.10 Å². The number of hydrogen-bond donors (Lipinski definition) is 3. The predicted octanol–water partition coefficient (Wildman–Crippen LogP) is 0.289. The van der Waals surface area contributed by atoms with E-state index in [4.69, 9.17) is 4.74 Å². The van der Waals surface area contributed by atoms with E-state index in [1.165, 1.54) is 5.56 Å². The first-order chi connectivity index (χ1) is 9.31. The van der Waals surface area contributed by atoms with Crippen LogP contribution in [0.2, 0.25) is 0 Å². The summed E-state index contributed by atoms with van der Waals surface area (Å²) in [6.07, 6.45) is 4.49. The summed E-state index contributed by atoms with van der Waals surface area (Å²) in [5.41, 5.74) is 2.37. The second kappa shape index (κ2) is 8.94. The zero-order valence-corrected chi connectivity index (χ0v) is 12.6. The number of methoxy groups -OCH3 is 1. The fourth-order valence-corrected chi connectivity index (χ4v) is 2.35. The van der Waals surface area contributed by atoms with Crippen LogP contribution in [0.1, 0.15) is 17.7 Å². The number of carbonyl (C=O) groups excluding carboxylic acids is 1. The predicted molar refractivity (Wildman–Crippen MR) is 79.1 cm³/mol. The fourth-order valence-electron chi connectivity index (χ4n) is 2.35. The Hall–Kier alpha value is -1.11. The van der Waals surface area contributed by atoms with Crippen molar-refractivity contribution in [2.24, 2.45) is 5.92 Å². The van der Waals surface area contributed by atoms with Crippen LogP contribution in [0.5, 0.6) is 0 Å². The maximum atomic E-state index is 12.0. The highest BCUT2D eigenvalue weighted by atomic mass is 35.5. The van der Waals surface area contributed by atoms with Crippen molar-refractivity contribution in [3.8, 4) is 0 Å². The van der Waals surface area contributed by atoms with Crippen molar-refractivity contribution < 1.29 is 9.53 Å². The first-order valence-electron chi connectivity index (χ1n) is 6.79. The first-order valence-corrected chi connectivity index (χ1v) is 6.79. The van der Waals surface area contributed by atoms with Gasteiger partial charge in [0.2, 0.25) is 5.91 Å². The number of rotatable bonds is 7. The minimum absolute atomic E-state index is 0. The van der Waals surface area contributed by atoms with Crippen LogP contribution >= 0.6 is 12.4 Å². The van der Waals surface area contributed by atoms with Crippen molar-refractivity contribution in [2.75, 3.05) is 33.4 Å². The van der Waals surface area contributed by atoms with Gasteiger partial charge in [-0.15, -0.1) is 12.4 Å². The Morgan fingerprint density at radius 1 is 1.50 bits per heavy atom.